The Morgan fingerprint density at radius 1 is 1.25 bits per heavy atom. The number of nitrogens with zero attached hydrogens (tertiary/aromatic N) is 4. The normalized spacial score (nSPS) is 18.8. The molecule has 0 bridgehead atoms. The third kappa shape index (κ3) is 2.90. The van der Waals surface area contributed by atoms with Gasteiger partial charge in [-0.3, -0.25) is 0 Å². The molecule has 0 atom stereocenters. The zero-order valence-corrected chi connectivity index (χ0v) is 10.5. The fourth-order valence-corrected chi connectivity index (χ4v) is 2.72. The lowest BCUT2D eigenvalue weighted by molar-refractivity contribution is 0.302. The number of hydrogen-bond acceptors (Lipinski definition) is 6. The van der Waals surface area contributed by atoms with E-state index in [0.717, 1.165) is 49.4 Å². The van der Waals surface area contributed by atoms with Crippen LogP contribution in [0.1, 0.15) is 11.4 Å². The molecule has 0 spiro atoms. The smallest absolute Gasteiger partial charge is 0.208 e. The predicted octanol–water partition coefficient (Wildman–Crippen LogP) is 0.317. The van der Waals surface area contributed by atoms with Crippen molar-refractivity contribution in [2.45, 2.75) is 13.3 Å². The van der Waals surface area contributed by atoms with E-state index in [1.807, 2.05) is 6.92 Å². The highest BCUT2D eigenvalue weighted by atomic mass is 32.1. The molecular formula is C10H19N5S. The maximum atomic E-state index is 5.58. The number of anilines is 1. The molecule has 5 nitrogen and oxygen atoms in total. The van der Waals surface area contributed by atoms with Crippen molar-refractivity contribution in [2.24, 2.45) is 5.73 Å². The molecule has 6 heteroatoms. The van der Waals surface area contributed by atoms with Gasteiger partial charge < -0.3 is 15.5 Å². The highest BCUT2D eigenvalue weighted by molar-refractivity contribution is 7.15. The largest absolute Gasteiger partial charge is 0.345 e. The maximum absolute atomic E-state index is 5.58. The first-order valence-corrected chi connectivity index (χ1v) is 6.58. The number of rotatable bonds is 3. The molecule has 0 radical (unpaired) electrons. The van der Waals surface area contributed by atoms with Crippen LogP contribution in [0.4, 0.5) is 5.13 Å². The zero-order chi connectivity index (χ0) is 11.4. The van der Waals surface area contributed by atoms with Crippen molar-refractivity contribution in [1.82, 2.24) is 15.1 Å². The highest BCUT2D eigenvalue weighted by Gasteiger charge is 2.16. The quantitative estimate of drug-likeness (QED) is 0.826. The van der Waals surface area contributed by atoms with Gasteiger partial charge in [0.25, 0.3) is 0 Å². The molecule has 1 aromatic rings. The summed E-state index contributed by atoms with van der Waals surface area (Å²) in [6.45, 7) is 8.09. The lowest BCUT2D eigenvalue weighted by atomic mass is 10.4. The fraction of sp³-hybridized carbons (Fsp3) is 0.800. The average molecular weight is 241 g/mol. The molecule has 0 aromatic carbocycles. The second-order valence-corrected chi connectivity index (χ2v) is 5.23. The van der Waals surface area contributed by atoms with E-state index in [9.17, 15) is 0 Å². The summed E-state index contributed by atoms with van der Waals surface area (Å²) in [7, 11) is 0. The Morgan fingerprint density at radius 3 is 2.81 bits per heavy atom. The molecule has 1 aliphatic heterocycles. The van der Waals surface area contributed by atoms with E-state index in [2.05, 4.69) is 20.0 Å². The minimum absolute atomic E-state index is 0.748. The number of nitrogens with two attached hydrogens (primary N) is 1. The van der Waals surface area contributed by atoms with Gasteiger partial charge in [0.15, 0.2) is 0 Å². The molecule has 0 saturated carbocycles. The van der Waals surface area contributed by atoms with E-state index >= 15 is 0 Å². The summed E-state index contributed by atoms with van der Waals surface area (Å²) < 4.78 is 0. The van der Waals surface area contributed by atoms with Crippen LogP contribution in [-0.2, 0) is 0 Å². The van der Waals surface area contributed by atoms with Crippen LogP contribution in [0, 0.1) is 6.92 Å². The van der Waals surface area contributed by atoms with Gasteiger partial charge in [-0.05, 0) is 19.9 Å². The number of hydrogen-bond donors (Lipinski definition) is 1. The predicted molar refractivity (Wildman–Crippen MR) is 67.0 cm³/mol. The van der Waals surface area contributed by atoms with Gasteiger partial charge in [-0.2, -0.15) is 0 Å². The first-order chi connectivity index (χ1) is 7.79. The van der Waals surface area contributed by atoms with Crippen molar-refractivity contribution < 1.29 is 0 Å². The monoisotopic (exact) mass is 241 g/mol. The van der Waals surface area contributed by atoms with Gasteiger partial charge in [-0.25, -0.2) is 0 Å². The summed E-state index contributed by atoms with van der Waals surface area (Å²) in [6.07, 6.45) is 1.18. The Balaban J connectivity index is 1.93. The van der Waals surface area contributed by atoms with Crippen molar-refractivity contribution in [2.75, 3.05) is 44.2 Å². The standard InChI is InChI=1S/C10H19N5S/c1-9-12-13-10(16-9)15-5-2-4-14(6-3-11)7-8-15/h2-8,11H2,1H3. The minimum atomic E-state index is 0.748. The molecule has 0 unspecified atom stereocenters. The summed E-state index contributed by atoms with van der Waals surface area (Å²) in [5.41, 5.74) is 5.58. The summed E-state index contributed by atoms with van der Waals surface area (Å²) in [6, 6.07) is 0. The summed E-state index contributed by atoms with van der Waals surface area (Å²) in [5, 5.41) is 10.4. The first-order valence-electron chi connectivity index (χ1n) is 5.77. The molecule has 2 rings (SSSR count). The van der Waals surface area contributed by atoms with Gasteiger partial charge >= 0.3 is 0 Å². The van der Waals surface area contributed by atoms with E-state index < -0.39 is 0 Å². The molecule has 1 fully saturated rings. The Kier molecular flexibility index (Phi) is 4.09. The molecular weight excluding hydrogens is 222 g/mol. The lowest BCUT2D eigenvalue weighted by Crippen LogP contribution is -2.33. The van der Waals surface area contributed by atoms with Crippen molar-refractivity contribution >= 4 is 16.5 Å². The first kappa shape index (κ1) is 11.8. The average Bonchev–Trinajstić information content (AvgIpc) is 2.57. The van der Waals surface area contributed by atoms with E-state index in [1.165, 1.54) is 6.42 Å². The zero-order valence-electron chi connectivity index (χ0n) is 9.72. The molecule has 1 aromatic heterocycles. The number of aromatic nitrogens is 2. The molecule has 2 N–H and O–H groups in total. The summed E-state index contributed by atoms with van der Waals surface area (Å²) in [4.78, 5) is 4.76. The molecule has 0 aliphatic carbocycles. The van der Waals surface area contributed by atoms with Gasteiger partial charge in [0, 0.05) is 32.7 Å². The number of aryl methyl sites for hydroxylation is 1. The van der Waals surface area contributed by atoms with E-state index in [0.29, 0.717) is 0 Å². The second-order valence-electron chi connectivity index (χ2n) is 4.07. The van der Waals surface area contributed by atoms with Crippen LogP contribution in [0.15, 0.2) is 0 Å². The van der Waals surface area contributed by atoms with Gasteiger partial charge in [0.1, 0.15) is 5.01 Å². The minimum Gasteiger partial charge on any atom is -0.345 e. The summed E-state index contributed by atoms with van der Waals surface area (Å²) in [5.74, 6) is 0. The van der Waals surface area contributed by atoms with Crippen LogP contribution in [0.2, 0.25) is 0 Å². The molecule has 0 amide bonds. The van der Waals surface area contributed by atoms with E-state index in [1.54, 1.807) is 11.3 Å². The van der Waals surface area contributed by atoms with Gasteiger partial charge in [0.05, 0.1) is 0 Å². The second kappa shape index (κ2) is 5.56. The SMILES string of the molecule is Cc1nnc(N2CCCN(CCN)CC2)s1. The topological polar surface area (TPSA) is 58.3 Å². The third-order valence-electron chi connectivity index (χ3n) is 2.82. The third-order valence-corrected chi connectivity index (χ3v) is 3.72. The van der Waals surface area contributed by atoms with Crippen LogP contribution < -0.4 is 10.6 Å². The van der Waals surface area contributed by atoms with Crippen molar-refractivity contribution in [3.63, 3.8) is 0 Å². The van der Waals surface area contributed by atoms with Gasteiger partial charge in [0.2, 0.25) is 5.13 Å². The van der Waals surface area contributed by atoms with Crippen LogP contribution >= 0.6 is 11.3 Å². The lowest BCUT2D eigenvalue weighted by Gasteiger charge is -2.20. The summed E-state index contributed by atoms with van der Waals surface area (Å²) >= 11 is 1.68. The highest BCUT2D eigenvalue weighted by Crippen LogP contribution is 2.20. The van der Waals surface area contributed by atoms with E-state index in [4.69, 9.17) is 5.73 Å². The van der Waals surface area contributed by atoms with Gasteiger partial charge in [-0.1, -0.05) is 11.3 Å². The Bertz CT molecular complexity index is 327. The Morgan fingerprint density at radius 2 is 2.12 bits per heavy atom. The Hall–Kier alpha value is -0.720. The van der Waals surface area contributed by atoms with Crippen LogP contribution in [0.3, 0.4) is 0 Å². The van der Waals surface area contributed by atoms with Crippen LogP contribution in [0.25, 0.3) is 0 Å². The maximum Gasteiger partial charge on any atom is 0.208 e. The van der Waals surface area contributed by atoms with E-state index in [-0.39, 0.29) is 0 Å². The van der Waals surface area contributed by atoms with Gasteiger partial charge in [-0.15, -0.1) is 10.2 Å². The molecule has 2 heterocycles. The molecule has 1 aliphatic rings. The van der Waals surface area contributed by atoms with Crippen molar-refractivity contribution in [3.05, 3.63) is 5.01 Å². The van der Waals surface area contributed by atoms with Crippen LogP contribution in [-0.4, -0.2) is 54.4 Å². The fourth-order valence-electron chi connectivity index (χ4n) is 1.98. The van der Waals surface area contributed by atoms with Crippen molar-refractivity contribution in [3.8, 4) is 0 Å². The Labute approximate surface area is 100 Å². The van der Waals surface area contributed by atoms with Crippen molar-refractivity contribution in [1.29, 1.82) is 0 Å². The molecule has 16 heavy (non-hydrogen) atoms. The molecule has 1 saturated heterocycles. The van der Waals surface area contributed by atoms with Crippen LogP contribution in [0.5, 0.6) is 0 Å². The molecule has 90 valence electrons.